The fourth-order valence-corrected chi connectivity index (χ4v) is 0.952. The van der Waals surface area contributed by atoms with Gasteiger partial charge >= 0.3 is 0 Å². The van der Waals surface area contributed by atoms with Gasteiger partial charge in [-0.25, -0.2) is 12.8 Å². The number of nitrogens with one attached hydrogen (secondary N) is 1. The van der Waals surface area contributed by atoms with Gasteiger partial charge in [0.1, 0.15) is 6.67 Å². The summed E-state index contributed by atoms with van der Waals surface area (Å²) in [4.78, 5) is 0. The summed E-state index contributed by atoms with van der Waals surface area (Å²) >= 11 is 0. The first kappa shape index (κ1) is 11.8. The lowest BCUT2D eigenvalue weighted by molar-refractivity contribution is 0.449. The van der Waals surface area contributed by atoms with E-state index in [2.05, 4.69) is 5.32 Å². The van der Waals surface area contributed by atoms with Crippen LogP contribution in [0, 0.1) is 0 Å². The van der Waals surface area contributed by atoms with Gasteiger partial charge in [0.25, 0.3) is 0 Å². The third-order valence-corrected chi connectivity index (χ3v) is 3.98. The molecule has 0 radical (unpaired) electrons. The summed E-state index contributed by atoms with van der Waals surface area (Å²) in [6.45, 7) is 3.26. The molecule has 0 aliphatic rings. The topological polar surface area (TPSA) is 46.2 Å². The van der Waals surface area contributed by atoms with E-state index in [0.717, 1.165) is 0 Å². The molecule has 0 bridgehead atoms. The van der Waals surface area contributed by atoms with Crippen LogP contribution in [-0.2, 0) is 9.84 Å². The average Bonchev–Trinajstić information content (AvgIpc) is 1.85. The number of halogens is 1. The molecule has 5 heteroatoms. The normalized spacial score (nSPS) is 13.3. The van der Waals surface area contributed by atoms with Crippen LogP contribution in [0.4, 0.5) is 4.39 Å². The lowest BCUT2D eigenvalue weighted by Gasteiger charge is -2.22. The van der Waals surface area contributed by atoms with Crippen molar-refractivity contribution in [1.82, 2.24) is 5.32 Å². The maximum atomic E-state index is 11.7. The fraction of sp³-hybridized carbons (Fsp3) is 1.00. The van der Waals surface area contributed by atoms with Crippen molar-refractivity contribution < 1.29 is 12.8 Å². The summed E-state index contributed by atoms with van der Waals surface area (Å²) in [5, 5.41) is 2.73. The zero-order valence-corrected chi connectivity index (χ0v) is 8.54. The van der Waals surface area contributed by atoms with Gasteiger partial charge in [-0.2, -0.15) is 0 Å². The molecule has 0 rings (SSSR count). The summed E-state index contributed by atoms with van der Waals surface area (Å²) in [5.41, 5.74) is 0. The molecule has 74 valence electrons. The zero-order valence-electron chi connectivity index (χ0n) is 7.72. The standard InChI is InChI=1S/C7H16FNO2S/c1-7(2,12(3,10)11)6-9-5-4-8/h9H,4-6H2,1-3H3. The highest BCUT2D eigenvalue weighted by molar-refractivity contribution is 7.92. The predicted octanol–water partition coefficient (Wildman–Crippen LogP) is 0.369. The summed E-state index contributed by atoms with van der Waals surface area (Å²) in [6.07, 6.45) is 1.18. The van der Waals surface area contributed by atoms with Crippen molar-refractivity contribution in [2.45, 2.75) is 18.6 Å². The van der Waals surface area contributed by atoms with Crippen LogP contribution >= 0.6 is 0 Å². The molecule has 12 heavy (non-hydrogen) atoms. The van der Waals surface area contributed by atoms with E-state index < -0.39 is 21.3 Å². The molecule has 0 atom stereocenters. The highest BCUT2D eigenvalue weighted by Gasteiger charge is 2.29. The van der Waals surface area contributed by atoms with Crippen LogP contribution in [-0.4, -0.2) is 39.2 Å². The van der Waals surface area contributed by atoms with Crippen LogP contribution in [0.1, 0.15) is 13.8 Å². The molecule has 0 saturated carbocycles. The second-order valence-electron chi connectivity index (χ2n) is 3.40. The van der Waals surface area contributed by atoms with E-state index in [0.29, 0.717) is 0 Å². The Kier molecular flexibility index (Phi) is 4.13. The quantitative estimate of drug-likeness (QED) is 0.648. The number of alkyl halides is 1. The molecule has 1 N–H and O–H groups in total. The number of hydrogen-bond acceptors (Lipinski definition) is 3. The van der Waals surface area contributed by atoms with E-state index >= 15 is 0 Å². The molecule has 0 aliphatic carbocycles. The van der Waals surface area contributed by atoms with Crippen LogP contribution < -0.4 is 5.32 Å². The Balaban J connectivity index is 4.06. The minimum Gasteiger partial charge on any atom is -0.313 e. The zero-order chi connectivity index (χ0) is 9.83. The lowest BCUT2D eigenvalue weighted by Crippen LogP contribution is -2.42. The predicted molar refractivity (Wildman–Crippen MR) is 47.8 cm³/mol. The van der Waals surface area contributed by atoms with Crippen molar-refractivity contribution in [2.24, 2.45) is 0 Å². The van der Waals surface area contributed by atoms with Crippen molar-refractivity contribution >= 4 is 9.84 Å². The largest absolute Gasteiger partial charge is 0.313 e. The first-order chi connectivity index (χ1) is 5.31. The van der Waals surface area contributed by atoms with E-state index in [-0.39, 0.29) is 13.1 Å². The fourth-order valence-electron chi connectivity index (χ4n) is 0.587. The van der Waals surface area contributed by atoms with Crippen molar-refractivity contribution in [3.8, 4) is 0 Å². The van der Waals surface area contributed by atoms with Crippen molar-refractivity contribution in [2.75, 3.05) is 26.0 Å². The van der Waals surface area contributed by atoms with Gasteiger partial charge in [-0.3, -0.25) is 0 Å². The maximum absolute atomic E-state index is 11.7. The molecule has 0 fully saturated rings. The van der Waals surface area contributed by atoms with E-state index in [1.54, 1.807) is 13.8 Å². The SMILES string of the molecule is CC(C)(CNCCF)S(C)(=O)=O. The van der Waals surface area contributed by atoms with Gasteiger partial charge in [0.2, 0.25) is 0 Å². The third-order valence-electron chi connectivity index (χ3n) is 1.83. The van der Waals surface area contributed by atoms with Gasteiger partial charge in [0.15, 0.2) is 9.84 Å². The first-order valence-corrected chi connectivity index (χ1v) is 5.67. The molecule has 0 aromatic rings. The van der Waals surface area contributed by atoms with Crippen molar-refractivity contribution in [3.63, 3.8) is 0 Å². The molecular formula is C7H16FNO2S. The molecular weight excluding hydrogens is 181 g/mol. The van der Waals surface area contributed by atoms with Crippen LogP contribution in [0.2, 0.25) is 0 Å². The number of rotatable bonds is 5. The Morgan fingerprint density at radius 1 is 1.42 bits per heavy atom. The van der Waals surface area contributed by atoms with Gasteiger partial charge in [0, 0.05) is 19.3 Å². The minimum absolute atomic E-state index is 0.207. The van der Waals surface area contributed by atoms with Crippen molar-refractivity contribution in [3.05, 3.63) is 0 Å². The van der Waals surface area contributed by atoms with Gasteiger partial charge in [-0.05, 0) is 13.8 Å². The second kappa shape index (κ2) is 4.18. The Hall–Kier alpha value is -0.160. The lowest BCUT2D eigenvalue weighted by atomic mass is 10.2. The van der Waals surface area contributed by atoms with E-state index in [4.69, 9.17) is 0 Å². The third kappa shape index (κ3) is 3.49. The minimum atomic E-state index is -3.07. The molecule has 0 unspecified atom stereocenters. The molecule has 3 nitrogen and oxygen atoms in total. The monoisotopic (exact) mass is 197 g/mol. The summed E-state index contributed by atoms with van der Waals surface area (Å²) in [6, 6.07) is 0. The Bertz CT molecular complexity index is 224. The average molecular weight is 197 g/mol. The van der Waals surface area contributed by atoms with Crippen LogP contribution in [0.5, 0.6) is 0 Å². The molecule has 0 spiro atoms. The number of sulfone groups is 1. The molecule has 0 amide bonds. The smallest absolute Gasteiger partial charge is 0.153 e. The van der Waals surface area contributed by atoms with Crippen LogP contribution in [0.15, 0.2) is 0 Å². The summed E-state index contributed by atoms with van der Waals surface area (Å²) < 4.78 is 33.1. The summed E-state index contributed by atoms with van der Waals surface area (Å²) in [5.74, 6) is 0. The van der Waals surface area contributed by atoms with Crippen LogP contribution in [0.3, 0.4) is 0 Å². The van der Waals surface area contributed by atoms with E-state index in [9.17, 15) is 12.8 Å². The van der Waals surface area contributed by atoms with Crippen molar-refractivity contribution in [1.29, 1.82) is 0 Å². The molecule has 0 heterocycles. The maximum Gasteiger partial charge on any atom is 0.153 e. The second-order valence-corrected chi connectivity index (χ2v) is 6.05. The highest BCUT2D eigenvalue weighted by Crippen LogP contribution is 2.12. The summed E-state index contributed by atoms with van der Waals surface area (Å²) in [7, 11) is -3.07. The first-order valence-electron chi connectivity index (χ1n) is 3.77. The molecule has 0 aromatic carbocycles. The number of hydrogen-bond donors (Lipinski definition) is 1. The van der Waals surface area contributed by atoms with E-state index in [1.807, 2.05) is 0 Å². The van der Waals surface area contributed by atoms with Gasteiger partial charge in [0.05, 0.1) is 4.75 Å². The Labute approximate surface area is 73.3 Å². The Morgan fingerprint density at radius 2 is 1.92 bits per heavy atom. The van der Waals surface area contributed by atoms with Gasteiger partial charge in [-0.1, -0.05) is 0 Å². The van der Waals surface area contributed by atoms with E-state index in [1.165, 1.54) is 6.26 Å². The van der Waals surface area contributed by atoms with Gasteiger partial charge < -0.3 is 5.32 Å². The highest BCUT2D eigenvalue weighted by atomic mass is 32.2. The van der Waals surface area contributed by atoms with Crippen LogP contribution in [0.25, 0.3) is 0 Å². The molecule has 0 saturated heterocycles. The molecule has 0 aliphatic heterocycles. The Morgan fingerprint density at radius 3 is 2.25 bits per heavy atom. The van der Waals surface area contributed by atoms with Gasteiger partial charge in [-0.15, -0.1) is 0 Å². The molecule has 0 aromatic heterocycles.